The van der Waals surface area contributed by atoms with Crippen molar-refractivity contribution < 1.29 is 38.5 Å². The summed E-state index contributed by atoms with van der Waals surface area (Å²) < 4.78 is 0. The zero-order valence-electron chi connectivity index (χ0n) is 21.8. The molecule has 0 unspecified atom stereocenters. The fraction of sp³-hybridized carbons (Fsp3) is 0. The third-order valence-electron chi connectivity index (χ3n) is 7.46. The summed E-state index contributed by atoms with van der Waals surface area (Å²) >= 11 is 0. The van der Waals surface area contributed by atoms with Gasteiger partial charge in [-0.1, -0.05) is 97.1 Å². The minimum absolute atomic E-state index is 0. The molecule has 2 aliphatic rings. The minimum atomic E-state index is 0. The van der Waals surface area contributed by atoms with Crippen LogP contribution in [0.15, 0.2) is 97.1 Å². The van der Waals surface area contributed by atoms with Gasteiger partial charge in [0, 0.05) is 82.3 Å². The third kappa shape index (κ3) is 3.93. The molecule has 8 bridgehead atoms. The van der Waals surface area contributed by atoms with Gasteiger partial charge in [0.2, 0.25) is 0 Å². The van der Waals surface area contributed by atoms with Crippen LogP contribution in [0.1, 0.15) is 0 Å². The number of H-pyrrole nitrogens is 2. The molecular weight excluding hydrogens is 603 g/mol. The summed E-state index contributed by atoms with van der Waals surface area (Å²) in [4.78, 5) is 36.8. The van der Waals surface area contributed by atoms with E-state index in [1.807, 2.05) is 97.1 Å². The second-order valence-electron chi connectivity index (χ2n) is 9.79. The van der Waals surface area contributed by atoms with E-state index in [1.165, 1.54) is 0 Å². The molecule has 2 N–H and O–H groups in total. The van der Waals surface area contributed by atoms with Gasteiger partial charge in [0.25, 0.3) is 0 Å². The van der Waals surface area contributed by atoms with Crippen molar-refractivity contribution >= 4 is 44.1 Å². The average Bonchev–Trinajstić information content (AvgIpc) is 3.73. The molecule has 0 saturated heterocycles. The Labute approximate surface area is 263 Å². The molecule has 1 radical (unpaired) electrons. The molecular formula is C32H18CoN8Ti. The molecule has 2 aliphatic heterocycles. The third-order valence-corrected chi connectivity index (χ3v) is 7.46. The summed E-state index contributed by atoms with van der Waals surface area (Å²) in [6, 6.07) is 32.2. The van der Waals surface area contributed by atoms with Crippen LogP contribution in [0.5, 0.6) is 0 Å². The van der Waals surface area contributed by atoms with Gasteiger partial charge in [0.15, 0.2) is 23.3 Å². The molecule has 0 amide bonds. The number of benzene rings is 4. The Hall–Kier alpha value is -4.54. The maximum atomic E-state index is 5.02. The molecule has 42 heavy (non-hydrogen) atoms. The Balaban J connectivity index is 0.00000144. The number of aromatic amines is 2. The number of aromatic nitrogens is 8. The molecule has 0 spiro atoms. The van der Waals surface area contributed by atoms with Crippen molar-refractivity contribution in [2.75, 3.05) is 0 Å². The van der Waals surface area contributed by atoms with Crippen molar-refractivity contribution in [2.24, 2.45) is 0 Å². The first-order chi connectivity index (χ1) is 19.8. The van der Waals surface area contributed by atoms with Gasteiger partial charge in [-0.2, -0.15) is 0 Å². The van der Waals surface area contributed by atoms with E-state index in [4.69, 9.17) is 29.9 Å². The van der Waals surface area contributed by atoms with Gasteiger partial charge in [-0.15, -0.1) is 0 Å². The van der Waals surface area contributed by atoms with Gasteiger partial charge in [0.1, 0.15) is 22.6 Å². The zero-order valence-corrected chi connectivity index (χ0v) is 24.4. The largest absolute Gasteiger partial charge is 0.324 e. The van der Waals surface area contributed by atoms with Crippen LogP contribution in [-0.4, -0.2) is 39.9 Å². The first kappa shape index (κ1) is 26.4. The molecule has 4 aromatic carbocycles. The van der Waals surface area contributed by atoms with Crippen molar-refractivity contribution in [1.82, 2.24) is 39.9 Å². The monoisotopic (exact) mass is 621 g/mol. The number of rotatable bonds is 0. The van der Waals surface area contributed by atoms with Crippen molar-refractivity contribution in [3.05, 3.63) is 97.1 Å². The summed E-state index contributed by atoms with van der Waals surface area (Å²) in [5.74, 6) is 2.39. The van der Waals surface area contributed by atoms with Crippen molar-refractivity contribution in [3.8, 4) is 45.6 Å². The van der Waals surface area contributed by atoms with Gasteiger partial charge in [-0.25, -0.2) is 29.9 Å². The summed E-state index contributed by atoms with van der Waals surface area (Å²) in [5, 5.41) is 3.82. The first-order valence-corrected chi connectivity index (χ1v) is 13.0. The van der Waals surface area contributed by atoms with E-state index in [2.05, 4.69) is 9.97 Å². The number of hydrogen-bond acceptors (Lipinski definition) is 6. The maximum Gasteiger partial charge on any atom is 0.164 e. The Morgan fingerprint density at radius 2 is 0.571 bits per heavy atom. The van der Waals surface area contributed by atoms with E-state index in [9.17, 15) is 0 Å². The topological polar surface area (TPSA) is 109 Å². The van der Waals surface area contributed by atoms with Crippen LogP contribution in [0.25, 0.3) is 89.7 Å². The number of hydrogen-bond donors (Lipinski definition) is 2. The van der Waals surface area contributed by atoms with Gasteiger partial charge in [-0.3, -0.25) is 0 Å². The van der Waals surface area contributed by atoms with Gasteiger partial charge in [0.05, 0.1) is 0 Å². The smallest absolute Gasteiger partial charge is 0.164 e. The molecule has 7 aromatic rings. The Kier molecular flexibility index (Phi) is 6.32. The van der Waals surface area contributed by atoms with E-state index in [0.29, 0.717) is 45.9 Å². The van der Waals surface area contributed by atoms with Crippen LogP contribution in [0, 0.1) is 0 Å². The molecule has 0 atom stereocenters. The van der Waals surface area contributed by atoms with Crippen LogP contribution < -0.4 is 0 Å². The van der Waals surface area contributed by atoms with E-state index in [0.717, 1.165) is 43.8 Å². The molecule has 0 fully saturated rings. The second-order valence-corrected chi connectivity index (χ2v) is 9.79. The van der Waals surface area contributed by atoms with Crippen LogP contribution in [0.3, 0.4) is 0 Å². The first-order valence-electron chi connectivity index (χ1n) is 13.0. The van der Waals surface area contributed by atoms with Crippen molar-refractivity contribution in [1.29, 1.82) is 0 Å². The van der Waals surface area contributed by atoms with E-state index < -0.39 is 0 Å². The predicted molar refractivity (Wildman–Crippen MR) is 156 cm³/mol. The Bertz CT molecular complexity index is 2040. The molecule has 9 rings (SSSR count). The maximum absolute atomic E-state index is 5.02. The molecule has 0 aliphatic carbocycles. The summed E-state index contributed by atoms with van der Waals surface area (Å²) in [7, 11) is 0. The molecule has 3 aromatic heterocycles. The molecule has 8 nitrogen and oxygen atoms in total. The van der Waals surface area contributed by atoms with Crippen LogP contribution in [0.2, 0.25) is 0 Å². The van der Waals surface area contributed by atoms with Gasteiger partial charge in [-0.05, 0) is 0 Å². The van der Waals surface area contributed by atoms with E-state index in [1.54, 1.807) is 0 Å². The fourth-order valence-electron chi connectivity index (χ4n) is 5.59. The number of fused-ring (bicyclic) bond motifs is 20. The minimum Gasteiger partial charge on any atom is -0.324 e. The van der Waals surface area contributed by atoms with Crippen molar-refractivity contribution in [3.63, 3.8) is 0 Å². The van der Waals surface area contributed by atoms with Crippen LogP contribution in [0.4, 0.5) is 0 Å². The normalized spacial score (nSPS) is 11.4. The summed E-state index contributed by atoms with van der Waals surface area (Å²) in [5.41, 5.74) is 6.45. The number of nitrogens with zero attached hydrogens (tertiary/aromatic N) is 6. The van der Waals surface area contributed by atoms with Crippen LogP contribution >= 0.6 is 0 Å². The number of nitrogens with one attached hydrogen (secondary N) is 2. The summed E-state index contributed by atoms with van der Waals surface area (Å²) in [6.07, 6.45) is 0. The molecule has 199 valence electrons. The average molecular weight is 621 g/mol. The summed E-state index contributed by atoms with van der Waals surface area (Å²) in [6.45, 7) is 0. The van der Waals surface area contributed by atoms with E-state index >= 15 is 0 Å². The molecule has 0 saturated carbocycles. The van der Waals surface area contributed by atoms with E-state index in [-0.39, 0.29) is 38.5 Å². The zero-order chi connectivity index (χ0) is 26.2. The SMILES string of the molecule is [Co].[Ti].c1ccc2c(c1)-c1nc-2nc2[nH]c(nc3nc(nc4[nH]c(n1)c1ccccc41)-c1ccccc1-3)c1ccccc21. The van der Waals surface area contributed by atoms with Gasteiger partial charge < -0.3 is 9.97 Å². The van der Waals surface area contributed by atoms with Crippen LogP contribution in [-0.2, 0) is 38.5 Å². The Morgan fingerprint density at radius 3 is 0.833 bits per heavy atom. The Morgan fingerprint density at radius 1 is 0.333 bits per heavy atom. The molecule has 5 heterocycles. The quantitative estimate of drug-likeness (QED) is 0.179. The predicted octanol–water partition coefficient (Wildman–Crippen LogP) is 6.86. The van der Waals surface area contributed by atoms with Crippen molar-refractivity contribution in [2.45, 2.75) is 0 Å². The standard InChI is InChI=1S/C32H18N8.Co.Ti/c1-2-10-18-17(9-1)25-33-26(18)38-28-21-13-5-6-14-22(21)30(35-28)40-32-24-16-8-7-15-23(24)31(36-32)39-29-20-12-4-3-11-19(20)27(34-29)37-25;;/h1-16H,(H2,33,34,35,36,37,38,39,40);;. The molecule has 10 heteroatoms. The van der Waals surface area contributed by atoms with Gasteiger partial charge >= 0.3 is 0 Å². The fourth-order valence-corrected chi connectivity index (χ4v) is 5.59. The second kappa shape index (κ2) is 10.1.